The number of piperazine rings is 1. The van der Waals surface area contributed by atoms with Gasteiger partial charge in [0.05, 0.1) is 33.3 Å². The fourth-order valence-corrected chi connectivity index (χ4v) is 4.97. The van der Waals surface area contributed by atoms with Crippen molar-refractivity contribution in [3.8, 4) is 17.1 Å². The summed E-state index contributed by atoms with van der Waals surface area (Å²) >= 11 is 12.3. The molecule has 0 bridgehead atoms. The van der Waals surface area contributed by atoms with E-state index in [2.05, 4.69) is 9.88 Å². The van der Waals surface area contributed by atoms with Crippen molar-refractivity contribution in [2.45, 2.75) is 45.3 Å². The summed E-state index contributed by atoms with van der Waals surface area (Å²) in [6.45, 7) is 8.55. The maximum absolute atomic E-state index is 13.6. The van der Waals surface area contributed by atoms with E-state index in [-0.39, 0.29) is 17.7 Å². The van der Waals surface area contributed by atoms with Crippen LogP contribution in [0.15, 0.2) is 47.0 Å². The molecule has 2 N–H and O–H groups in total. The van der Waals surface area contributed by atoms with E-state index in [1.807, 2.05) is 19.1 Å². The number of phenolic OH excluding ortho intramolecular Hbond substituents is 1. The van der Waals surface area contributed by atoms with Gasteiger partial charge in [-0.2, -0.15) is 0 Å². The molecule has 3 aromatic rings. The van der Waals surface area contributed by atoms with Crippen LogP contribution >= 0.6 is 23.2 Å². The number of hydrogen-bond donors (Lipinski definition) is 2. The molecule has 7 nitrogen and oxygen atoms in total. The van der Waals surface area contributed by atoms with Gasteiger partial charge in [-0.3, -0.25) is 4.79 Å². The van der Waals surface area contributed by atoms with E-state index in [0.29, 0.717) is 52.5 Å². The smallest absolute Gasteiger partial charge is 0.233 e. The van der Waals surface area contributed by atoms with Gasteiger partial charge in [0, 0.05) is 44.4 Å². The van der Waals surface area contributed by atoms with Gasteiger partial charge < -0.3 is 24.4 Å². The molecule has 4 rings (SSSR count). The summed E-state index contributed by atoms with van der Waals surface area (Å²) in [6, 6.07) is 10.4. The van der Waals surface area contributed by atoms with Gasteiger partial charge in [-0.15, -0.1) is 0 Å². The Bertz CT molecular complexity index is 1240. The molecule has 1 saturated heterocycles. The second-order valence-electron chi connectivity index (χ2n) is 9.53. The lowest BCUT2D eigenvalue weighted by molar-refractivity contribution is -0.139. The number of halogens is 2. The number of oxazole rings is 1. The van der Waals surface area contributed by atoms with Crippen LogP contribution in [0.2, 0.25) is 10.0 Å². The number of phenols is 1. The fraction of sp³-hybridized carbons (Fsp3) is 0.385. The van der Waals surface area contributed by atoms with Crippen molar-refractivity contribution in [2.24, 2.45) is 0 Å². The van der Waals surface area contributed by atoms with Crippen molar-refractivity contribution in [3.63, 3.8) is 0 Å². The third-order valence-corrected chi connectivity index (χ3v) is 7.11. The number of nitrogens with zero attached hydrogens (tertiary/aromatic N) is 3. The van der Waals surface area contributed by atoms with Crippen LogP contribution in [-0.2, 0) is 4.79 Å². The van der Waals surface area contributed by atoms with Crippen molar-refractivity contribution in [1.82, 2.24) is 9.88 Å². The third-order valence-electron chi connectivity index (χ3n) is 6.37. The summed E-state index contributed by atoms with van der Waals surface area (Å²) in [7, 11) is 0. The first kappa shape index (κ1) is 25.4. The van der Waals surface area contributed by atoms with Gasteiger partial charge in [0.25, 0.3) is 0 Å². The zero-order valence-electron chi connectivity index (χ0n) is 20.1. The van der Waals surface area contributed by atoms with Gasteiger partial charge in [-0.1, -0.05) is 29.3 Å². The number of aryl methyl sites for hydroxylation is 1. The molecule has 1 amide bonds. The van der Waals surface area contributed by atoms with E-state index in [1.54, 1.807) is 56.1 Å². The van der Waals surface area contributed by atoms with Crippen LogP contribution < -0.4 is 4.90 Å². The van der Waals surface area contributed by atoms with Gasteiger partial charge in [-0.05, 0) is 50.6 Å². The third kappa shape index (κ3) is 5.27. The summed E-state index contributed by atoms with van der Waals surface area (Å²) in [5, 5.41) is 22.2. The van der Waals surface area contributed by atoms with Crippen LogP contribution in [0.1, 0.15) is 38.1 Å². The van der Waals surface area contributed by atoms with Crippen LogP contribution in [0.3, 0.4) is 0 Å². The van der Waals surface area contributed by atoms with Gasteiger partial charge >= 0.3 is 0 Å². The zero-order valence-corrected chi connectivity index (χ0v) is 21.6. The minimum atomic E-state index is -1.30. The van der Waals surface area contributed by atoms with Gasteiger partial charge in [0.15, 0.2) is 11.7 Å². The Morgan fingerprint density at radius 1 is 1.17 bits per heavy atom. The summed E-state index contributed by atoms with van der Waals surface area (Å²) in [5.41, 5.74) is 0.751. The summed E-state index contributed by atoms with van der Waals surface area (Å²) in [6.07, 6.45) is 1.59. The molecule has 1 aliphatic heterocycles. The standard InChI is InChI=1S/C26H29Cl2N3O4/c1-15-14-30(25(33)24(26(3,4)34)17-5-8-20(27)21(28)11-17)9-10-31(15)18-6-7-19(22(32)12-18)23-13-29-16(2)35-23/h5-8,11-13,15,24,32,34H,9-10,14H2,1-4H3/t15-,24?/m0/s1. The fourth-order valence-electron chi connectivity index (χ4n) is 4.66. The number of rotatable bonds is 5. The highest BCUT2D eigenvalue weighted by atomic mass is 35.5. The Morgan fingerprint density at radius 2 is 1.91 bits per heavy atom. The SMILES string of the molecule is Cc1ncc(-c2ccc(N3CCN(C(=O)C(c4ccc(Cl)c(Cl)c4)C(C)(C)O)C[C@@H]3C)cc2O)o1. The molecule has 35 heavy (non-hydrogen) atoms. The summed E-state index contributed by atoms with van der Waals surface area (Å²) in [4.78, 5) is 21.6. The molecule has 1 unspecified atom stereocenters. The molecule has 2 atom stereocenters. The number of anilines is 1. The Kier molecular flexibility index (Phi) is 7.04. The monoisotopic (exact) mass is 517 g/mol. The van der Waals surface area contributed by atoms with Crippen LogP contribution in [-0.4, -0.2) is 57.3 Å². The number of aromatic nitrogens is 1. The summed E-state index contributed by atoms with van der Waals surface area (Å²) < 4.78 is 5.53. The molecule has 0 spiro atoms. The van der Waals surface area contributed by atoms with Crippen molar-refractivity contribution in [2.75, 3.05) is 24.5 Å². The highest BCUT2D eigenvalue weighted by Gasteiger charge is 2.39. The van der Waals surface area contributed by atoms with E-state index in [0.717, 1.165) is 5.69 Å². The normalized spacial score (nSPS) is 17.5. The van der Waals surface area contributed by atoms with Crippen LogP contribution in [0, 0.1) is 6.92 Å². The van der Waals surface area contributed by atoms with E-state index >= 15 is 0 Å². The second kappa shape index (κ2) is 9.72. The first-order valence-corrected chi connectivity index (χ1v) is 12.2. The van der Waals surface area contributed by atoms with Crippen LogP contribution in [0.4, 0.5) is 5.69 Å². The lowest BCUT2D eigenvalue weighted by Crippen LogP contribution is -2.56. The van der Waals surface area contributed by atoms with Crippen molar-refractivity contribution in [1.29, 1.82) is 0 Å². The minimum Gasteiger partial charge on any atom is -0.507 e. The number of hydrogen-bond acceptors (Lipinski definition) is 6. The lowest BCUT2D eigenvalue weighted by Gasteiger charge is -2.43. The second-order valence-corrected chi connectivity index (χ2v) is 10.3. The quantitative estimate of drug-likeness (QED) is 0.480. The van der Waals surface area contributed by atoms with Crippen molar-refractivity contribution in [3.05, 3.63) is 64.1 Å². The minimum absolute atomic E-state index is 0.0123. The van der Waals surface area contributed by atoms with Gasteiger partial charge in [0.2, 0.25) is 5.91 Å². The Morgan fingerprint density at radius 3 is 2.49 bits per heavy atom. The Balaban J connectivity index is 1.52. The molecule has 1 aromatic heterocycles. The molecule has 0 saturated carbocycles. The molecule has 0 radical (unpaired) electrons. The topological polar surface area (TPSA) is 90.0 Å². The van der Waals surface area contributed by atoms with E-state index < -0.39 is 11.5 Å². The number of amides is 1. The van der Waals surface area contributed by atoms with E-state index in [9.17, 15) is 15.0 Å². The highest BCUT2D eigenvalue weighted by Crippen LogP contribution is 2.36. The molecule has 1 fully saturated rings. The molecule has 1 aliphatic rings. The highest BCUT2D eigenvalue weighted by molar-refractivity contribution is 6.42. The van der Waals surface area contributed by atoms with Gasteiger partial charge in [0.1, 0.15) is 5.75 Å². The first-order valence-electron chi connectivity index (χ1n) is 11.4. The molecule has 186 valence electrons. The van der Waals surface area contributed by atoms with Crippen molar-refractivity contribution >= 4 is 34.8 Å². The molecule has 2 aromatic carbocycles. The number of aromatic hydroxyl groups is 1. The van der Waals surface area contributed by atoms with E-state index in [4.69, 9.17) is 27.6 Å². The summed E-state index contributed by atoms with van der Waals surface area (Å²) in [5.74, 6) is 0.190. The maximum Gasteiger partial charge on any atom is 0.233 e. The number of aliphatic hydroxyl groups is 1. The largest absolute Gasteiger partial charge is 0.507 e. The van der Waals surface area contributed by atoms with Crippen LogP contribution in [0.25, 0.3) is 11.3 Å². The molecular formula is C26H29Cl2N3O4. The first-order chi connectivity index (χ1) is 16.5. The predicted octanol–water partition coefficient (Wildman–Crippen LogP) is 5.25. The number of benzene rings is 2. The molecule has 2 heterocycles. The average Bonchev–Trinajstić information content (AvgIpc) is 3.21. The molecule has 0 aliphatic carbocycles. The molecule has 9 heteroatoms. The predicted molar refractivity (Wildman–Crippen MR) is 137 cm³/mol. The Hall–Kier alpha value is -2.74. The van der Waals surface area contributed by atoms with Crippen LogP contribution in [0.5, 0.6) is 5.75 Å². The van der Waals surface area contributed by atoms with E-state index in [1.165, 1.54) is 0 Å². The lowest BCUT2D eigenvalue weighted by atomic mass is 9.83. The number of carbonyl (C=O) groups is 1. The Labute approximate surface area is 214 Å². The zero-order chi connectivity index (χ0) is 25.5. The van der Waals surface area contributed by atoms with Gasteiger partial charge in [-0.25, -0.2) is 4.98 Å². The average molecular weight is 518 g/mol. The van der Waals surface area contributed by atoms with Crippen molar-refractivity contribution < 1.29 is 19.4 Å². The number of carbonyl (C=O) groups excluding carboxylic acids is 1. The molecular weight excluding hydrogens is 489 g/mol. The maximum atomic E-state index is 13.6.